The molecule has 6 nitrogen and oxygen atoms in total. The number of amides is 1. The van der Waals surface area contributed by atoms with Gasteiger partial charge in [-0.15, -0.1) is 0 Å². The number of ether oxygens (including phenoxy) is 3. The van der Waals surface area contributed by atoms with Crippen LogP contribution in [0.3, 0.4) is 0 Å². The molecule has 0 bridgehead atoms. The molecule has 1 aliphatic heterocycles. The number of nitrogens with one attached hydrogen (secondary N) is 1. The summed E-state index contributed by atoms with van der Waals surface area (Å²) in [6.45, 7) is 0.586. The Morgan fingerprint density at radius 2 is 2.15 bits per heavy atom. The molecule has 2 rings (SSSR count). The van der Waals surface area contributed by atoms with Crippen LogP contribution in [-0.2, 0) is 20.8 Å². The van der Waals surface area contributed by atoms with Crippen LogP contribution in [0.1, 0.15) is 5.56 Å². The van der Waals surface area contributed by atoms with Crippen molar-refractivity contribution in [3.63, 3.8) is 0 Å². The molecule has 0 radical (unpaired) electrons. The minimum Gasteiger partial charge on any atom is -0.441 e. The van der Waals surface area contributed by atoms with Gasteiger partial charge < -0.3 is 19.3 Å². The second-order valence-corrected chi connectivity index (χ2v) is 4.61. The molecule has 0 aromatic heterocycles. The van der Waals surface area contributed by atoms with Crippen LogP contribution in [0.2, 0.25) is 0 Å². The molecule has 1 aliphatic rings. The first-order valence-electron chi connectivity index (χ1n) is 6.47. The van der Waals surface area contributed by atoms with E-state index in [9.17, 15) is 9.90 Å². The number of hydrogen-bond acceptors (Lipinski definition) is 5. The normalized spacial score (nSPS) is 23.2. The molecule has 20 heavy (non-hydrogen) atoms. The van der Waals surface area contributed by atoms with E-state index in [1.165, 1.54) is 7.11 Å². The van der Waals surface area contributed by atoms with Gasteiger partial charge in [0.05, 0.1) is 19.8 Å². The van der Waals surface area contributed by atoms with E-state index in [1.54, 1.807) is 0 Å². The van der Waals surface area contributed by atoms with Crippen LogP contribution in [0.5, 0.6) is 0 Å². The van der Waals surface area contributed by atoms with Gasteiger partial charge in [0, 0.05) is 13.0 Å². The van der Waals surface area contributed by atoms with Crippen LogP contribution in [0.15, 0.2) is 30.3 Å². The SMILES string of the molecule is CO[C@H]1NC(=O)O[C@@H]1[C@H](CO)COCc1ccccc1. The number of rotatable bonds is 7. The molecule has 0 spiro atoms. The van der Waals surface area contributed by atoms with Crippen molar-refractivity contribution in [2.75, 3.05) is 20.3 Å². The molecule has 1 heterocycles. The Hall–Kier alpha value is -1.63. The molecule has 1 amide bonds. The fourth-order valence-electron chi connectivity index (χ4n) is 2.11. The van der Waals surface area contributed by atoms with Gasteiger partial charge in [-0.1, -0.05) is 30.3 Å². The average molecular weight is 281 g/mol. The van der Waals surface area contributed by atoms with Gasteiger partial charge in [-0.2, -0.15) is 0 Å². The number of cyclic esters (lactones) is 1. The Kier molecular flexibility index (Phi) is 5.34. The van der Waals surface area contributed by atoms with Crippen molar-refractivity contribution in [2.45, 2.75) is 18.9 Å². The van der Waals surface area contributed by atoms with Crippen molar-refractivity contribution in [3.05, 3.63) is 35.9 Å². The number of benzene rings is 1. The highest BCUT2D eigenvalue weighted by Crippen LogP contribution is 2.19. The van der Waals surface area contributed by atoms with Gasteiger partial charge in [0.15, 0.2) is 12.3 Å². The van der Waals surface area contributed by atoms with E-state index in [2.05, 4.69) is 5.32 Å². The highest BCUT2D eigenvalue weighted by molar-refractivity contribution is 5.69. The molecule has 1 fully saturated rings. The molecule has 110 valence electrons. The Morgan fingerprint density at radius 1 is 1.40 bits per heavy atom. The third kappa shape index (κ3) is 3.69. The summed E-state index contributed by atoms with van der Waals surface area (Å²) in [5.41, 5.74) is 1.05. The maximum Gasteiger partial charge on any atom is 0.409 e. The second kappa shape index (κ2) is 7.23. The molecule has 0 unspecified atom stereocenters. The maximum atomic E-state index is 11.2. The van der Waals surface area contributed by atoms with Crippen LogP contribution in [-0.4, -0.2) is 43.9 Å². The molecular weight excluding hydrogens is 262 g/mol. The van der Waals surface area contributed by atoms with Gasteiger partial charge in [-0.3, -0.25) is 5.32 Å². The Labute approximate surface area is 117 Å². The van der Waals surface area contributed by atoms with E-state index < -0.39 is 18.4 Å². The zero-order chi connectivity index (χ0) is 14.4. The molecule has 0 aliphatic carbocycles. The highest BCUT2D eigenvalue weighted by atomic mass is 16.6. The largest absolute Gasteiger partial charge is 0.441 e. The van der Waals surface area contributed by atoms with Crippen molar-refractivity contribution in [2.24, 2.45) is 5.92 Å². The quantitative estimate of drug-likeness (QED) is 0.776. The molecule has 1 aromatic carbocycles. The van der Waals surface area contributed by atoms with Crippen LogP contribution >= 0.6 is 0 Å². The van der Waals surface area contributed by atoms with E-state index in [-0.39, 0.29) is 19.1 Å². The Bertz CT molecular complexity index is 425. The molecule has 1 aromatic rings. The highest BCUT2D eigenvalue weighted by Gasteiger charge is 2.39. The summed E-state index contributed by atoms with van der Waals surface area (Å²) in [5, 5.41) is 12.0. The van der Waals surface area contributed by atoms with Crippen LogP contribution in [0.4, 0.5) is 4.79 Å². The summed E-state index contributed by atoms with van der Waals surface area (Å²) in [5.74, 6) is -0.331. The third-order valence-electron chi connectivity index (χ3n) is 3.20. The summed E-state index contributed by atoms with van der Waals surface area (Å²) < 4.78 is 15.8. The Morgan fingerprint density at radius 3 is 2.80 bits per heavy atom. The fraction of sp³-hybridized carbons (Fsp3) is 0.500. The standard InChI is InChI=1S/C14H19NO5/c1-18-13-12(20-14(17)15-13)11(7-16)9-19-8-10-5-3-2-4-6-10/h2-6,11-13,16H,7-9H2,1H3,(H,15,17)/t11-,12-,13-/m1/s1. The molecule has 3 atom stereocenters. The second-order valence-electron chi connectivity index (χ2n) is 4.61. The number of alkyl carbamates (subject to hydrolysis) is 1. The van der Waals surface area contributed by atoms with Crippen molar-refractivity contribution < 1.29 is 24.1 Å². The predicted octanol–water partition coefficient (Wildman–Crippen LogP) is 0.893. The van der Waals surface area contributed by atoms with Crippen molar-refractivity contribution in [1.82, 2.24) is 5.32 Å². The predicted molar refractivity (Wildman–Crippen MR) is 70.9 cm³/mol. The van der Waals surface area contributed by atoms with E-state index in [4.69, 9.17) is 14.2 Å². The lowest BCUT2D eigenvalue weighted by molar-refractivity contribution is -0.0519. The number of aliphatic hydroxyl groups excluding tert-OH is 1. The minimum atomic E-state index is -0.556. The molecule has 0 saturated carbocycles. The summed E-state index contributed by atoms with van der Waals surface area (Å²) in [4.78, 5) is 11.2. The number of aliphatic hydroxyl groups is 1. The molecule has 6 heteroatoms. The zero-order valence-electron chi connectivity index (χ0n) is 11.3. The molecule has 2 N–H and O–H groups in total. The lowest BCUT2D eigenvalue weighted by Gasteiger charge is -2.23. The topological polar surface area (TPSA) is 77.0 Å². The Balaban J connectivity index is 1.84. The molecular formula is C14H19NO5. The van der Waals surface area contributed by atoms with Gasteiger partial charge in [0.25, 0.3) is 0 Å². The summed E-state index contributed by atoms with van der Waals surface area (Å²) in [7, 11) is 1.48. The van der Waals surface area contributed by atoms with Crippen molar-refractivity contribution >= 4 is 6.09 Å². The maximum absolute atomic E-state index is 11.2. The summed E-state index contributed by atoms with van der Waals surface area (Å²) in [6, 6.07) is 9.73. The summed E-state index contributed by atoms with van der Waals surface area (Å²) >= 11 is 0. The average Bonchev–Trinajstić information content (AvgIpc) is 2.85. The van der Waals surface area contributed by atoms with Crippen molar-refractivity contribution in [1.29, 1.82) is 0 Å². The first kappa shape index (κ1) is 14.8. The van der Waals surface area contributed by atoms with Gasteiger partial charge in [0.2, 0.25) is 0 Å². The van der Waals surface area contributed by atoms with E-state index in [1.807, 2.05) is 30.3 Å². The van der Waals surface area contributed by atoms with E-state index >= 15 is 0 Å². The number of methoxy groups -OCH3 is 1. The first-order valence-corrected chi connectivity index (χ1v) is 6.47. The first-order chi connectivity index (χ1) is 9.74. The number of carbonyl (C=O) groups is 1. The van der Waals surface area contributed by atoms with E-state index in [0.29, 0.717) is 6.61 Å². The summed E-state index contributed by atoms with van der Waals surface area (Å²) in [6.07, 6.45) is -1.64. The van der Waals surface area contributed by atoms with Gasteiger partial charge in [-0.05, 0) is 5.56 Å². The smallest absolute Gasteiger partial charge is 0.409 e. The lowest BCUT2D eigenvalue weighted by atomic mass is 10.0. The van der Waals surface area contributed by atoms with E-state index in [0.717, 1.165) is 5.56 Å². The fourth-order valence-corrected chi connectivity index (χ4v) is 2.11. The monoisotopic (exact) mass is 281 g/mol. The van der Waals surface area contributed by atoms with Crippen LogP contribution in [0.25, 0.3) is 0 Å². The van der Waals surface area contributed by atoms with Gasteiger partial charge in [0.1, 0.15) is 0 Å². The van der Waals surface area contributed by atoms with Gasteiger partial charge >= 0.3 is 6.09 Å². The number of carbonyl (C=O) groups excluding carboxylic acids is 1. The van der Waals surface area contributed by atoms with Crippen LogP contribution in [0, 0.1) is 5.92 Å². The zero-order valence-corrected chi connectivity index (χ0v) is 11.3. The van der Waals surface area contributed by atoms with Crippen molar-refractivity contribution in [3.8, 4) is 0 Å². The minimum absolute atomic E-state index is 0.145. The molecule has 1 saturated heterocycles. The van der Waals surface area contributed by atoms with Gasteiger partial charge in [-0.25, -0.2) is 4.79 Å². The third-order valence-corrected chi connectivity index (χ3v) is 3.20. The number of hydrogen-bond donors (Lipinski definition) is 2. The van der Waals surface area contributed by atoms with Crippen LogP contribution < -0.4 is 5.32 Å². The lowest BCUT2D eigenvalue weighted by Crippen LogP contribution is -2.40.